The van der Waals surface area contributed by atoms with E-state index in [0.717, 1.165) is 24.8 Å². The van der Waals surface area contributed by atoms with Crippen molar-refractivity contribution in [3.8, 4) is 5.75 Å². The molecule has 0 radical (unpaired) electrons. The Morgan fingerprint density at radius 1 is 1.40 bits per heavy atom. The molecule has 1 fully saturated rings. The van der Waals surface area contributed by atoms with Crippen LogP contribution in [0, 0.1) is 5.92 Å². The van der Waals surface area contributed by atoms with E-state index >= 15 is 0 Å². The highest BCUT2D eigenvalue weighted by Crippen LogP contribution is 2.44. The number of nitrogens with two attached hydrogens (primary N) is 1. The van der Waals surface area contributed by atoms with Gasteiger partial charge in [-0.2, -0.15) is 0 Å². The molecule has 2 N–H and O–H groups in total. The average Bonchev–Trinajstić information content (AvgIpc) is 3.06. The Morgan fingerprint density at radius 2 is 2.13 bits per heavy atom. The highest BCUT2D eigenvalue weighted by molar-refractivity contribution is 5.37. The van der Waals surface area contributed by atoms with E-state index in [4.69, 9.17) is 10.5 Å². The fourth-order valence-electron chi connectivity index (χ4n) is 2.15. The maximum absolute atomic E-state index is 5.86. The molecule has 0 heterocycles. The summed E-state index contributed by atoms with van der Waals surface area (Å²) in [4.78, 5) is 0. The molecule has 0 aliphatic heterocycles. The van der Waals surface area contributed by atoms with E-state index in [1.807, 2.05) is 19.1 Å². The molecule has 2 heteroatoms. The molecule has 0 amide bonds. The van der Waals surface area contributed by atoms with E-state index in [1.165, 1.54) is 18.4 Å². The molecule has 0 spiro atoms. The molecule has 0 saturated heterocycles. The minimum Gasteiger partial charge on any atom is -0.494 e. The summed E-state index contributed by atoms with van der Waals surface area (Å²) in [6, 6.07) is 8.29. The van der Waals surface area contributed by atoms with Gasteiger partial charge in [-0.25, -0.2) is 0 Å². The SMILES string of the molecule is CCOc1ccccc1C(CN)C1CC1. The van der Waals surface area contributed by atoms with Crippen LogP contribution in [-0.4, -0.2) is 13.2 Å². The van der Waals surface area contributed by atoms with Gasteiger partial charge in [-0.1, -0.05) is 18.2 Å². The Kier molecular flexibility index (Phi) is 3.27. The van der Waals surface area contributed by atoms with Crippen molar-refractivity contribution in [2.45, 2.75) is 25.7 Å². The van der Waals surface area contributed by atoms with Gasteiger partial charge in [-0.3, -0.25) is 0 Å². The summed E-state index contributed by atoms with van der Waals surface area (Å²) in [5.74, 6) is 2.30. The highest BCUT2D eigenvalue weighted by Gasteiger charge is 2.32. The number of hydrogen-bond donors (Lipinski definition) is 1. The third-order valence-electron chi connectivity index (χ3n) is 3.06. The van der Waals surface area contributed by atoms with Crippen LogP contribution < -0.4 is 10.5 Å². The van der Waals surface area contributed by atoms with Crippen LogP contribution in [0.25, 0.3) is 0 Å². The molecule has 1 atom stereocenters. The first-order chi connectivity index (χ1) is 7.36. The van der Waals surface area contributed by atoms with Crippen LogP contribution in [0.1, 0.15) is 31.2 Å². The lowest BCUT2D eigenvalue weighted by molar-refractivity contribution is 0.332. The molecule has 82 valence electrons. The summed E-state index contributed by atoms with van der Waals surface area (Å²) in [6.07, 6.45) is 2.64. The van der Waals surface area contributed by atoms with Crippen LogP contribution >= 0.6 is 0 Å². The van der Waals surface area contributed by atoms with Crippen LogP contribution in [0.3, 0.4) is 0 Å². The fourth-order valence-corrected chi connectivity index (χ4v) is 2.15. The quantitative estimate of drug-likeness (QED) is 0.801. The molecule has 0 aromatic heterocycles. The number of ether oxygens (including phenoxy) is 1. The van der Waals surface area contributed by atoms with Crippen molar-refractivity contribution in [1.82, 2.24) is 0 Å². The third-order valence-corrected chi connectivity index (χ3v) is 3.06. The van der Waals surface area contributed by atoms with Crippen molar-refractivity contribution in [2.75, 3.05) is 13.2 Å². The zero-order valence-corrected chi connectivity index (χ0v) is 9.28. The maximum Gasteiger partial charge on any atom is 0.122 e. The third kappa shape index (κ3) is 2.32. The first kappa shape index (κ1) is 10.5. The zero-order chi connectivity index (χ0) is 10.7. The summed E-state index contributed by atoms with van der Waals surface area (Å²) in [5, 5.41) is 0. The van der Waals surface area contributed by atoms with Crippen LogP contribution in [0.2, 0.25) is 0 Å². The van der Waals surface area contributed by atoms with Crippen molar-refractivity contribution in [2.24, 2.45) is 11.7 Å². The Morgan fingerprint density at radius 3 is 2.73 bits per heavy atom. The fraction of sp³-hybridized carbons (Fsp3) is 0.538. The van der Waals surface area contributed by atoms with Crippen LogP contribution in [-0.2, 0) is 0 Å². The Hall–Kier alpha value is -1.02. The van der Waals surface area contributed by atoms with Gasteiger partial charge in [0.2, 0.25) is 0 Å². The Labute approximate surface area is 91.4 Å². The van der Waals surface area contributed by atoms with Gasteiger partial charge in [0.1, 0.15) is 5.75 Å². The van der Waals surface area contributed by atoms with Crippen LogP contribution in [0.4, 0.5) is 0 Å². The van der Waals surface area contributed by atoms with Gasteiger partial charge in [0.25, 0.3) is 0 Å². The van der Waals surface area contributed by atoms with Gasteiger partial charge in [0.05, 0.1) is 6.61 Å². The summed E-state index contributed by atoms with van der Waals surface area (Å²) >= 11 is 0. The van der Waals surface area contributed by atoms with Crippen LogP contribution in [0.5, 0.6) is 5.75 Å². The second kappa shape index (κ2) is 4.67. The lowest BCUT2D eigenvalue weighted by Gasteiger charge is -2.18. The number of rotatable bonds is 5. The van der Waals surface area contributed by atoms with E-state index in [0.29, 0.717) is 5.92 Å². The lowest BCUT2D eigenvalue weighted by Crippen LogP contribution is -2.15. The highest BCUT2D eigenvalue weighted by atomic mass is 16.5. The lowest BCUT2D eigenvalue weighted by atomic mass is 9.93. The summed E-state index contributed by atoms with van der Waals surface area (Å²) < 4.78 is 5.64. The molecule has 2 nitrogen and oxygen atoms in total. The van der Waals surface area contributed by atoms with Crippen molar-refractivity contribution in [1.29, 1.82) is 0 Å². The van der Waals surface area contributed by atoms with E-state index in [1.54, 1.807) is 0 Å². The first-order valence-corrected chi connectivity index (χ1v) is 5.78. The Balaban J connectivity index is 2.23. The van der Waals surface area contributed by atoms with Crippen molar-refractivity contribution in [3.05, 3.63) is 29.8 Å². The average molecular weight is 205 g/mol. The smallest absolute Gasteiger partial charge is 0.122 e. The largest absolute Gasteiger partial charge is 0.494 e. The minimum atomic E-state index is 0.493. The molecule has 0 bridgehead atoms. The standard InChI is InChI=1S/C13H19NO/c1-2-15-13-6-4-3-5-11(13)12(9-14)10-7-8-10/h3-6,10,12H,2,7-9,14H2,1H3. The molecule has 1 aromatic rings. The number of hydrogen-bond acceptors (Lipinski definition) is 2. The second-order valence-corrected chi connectivity index (χ2v) is 4.15. The summed E-state index contributed by atoms with van der Waals surface area (Å²) in [6.45, 7) is 3.47. The zero-order valence-electron chi connectivity index (χ0n) is 9.28. The molecule has 1 saturated carbocycles. The molecule has 1 aliphatic rings. The molecule has 2 rings (SSSR count). The van der Waals surface area contributed by atoms with Crippen molar-refractivity contribution >= 4 is 0 Å². The normalized spacial score (nSPS) is 17.5. The van der Waals surface area contributed by atoms with E-state index in [9.17, 15) is 0 Å². The molecule has 1 aromatic carbocycles. The van der Waals surface area contributed by atoms with Gasteiger partial charge >= 0.3 is 0 Å². The number of benzene rings is 1. The molecule has 1 aliphatic carbocycles. The van der Waals surface area contributed by atoms with Gasteiger partial charge < -0.3 is 10.5 Å². The van der Waals surface area contributed by atoms with Crippen molar-refractivity contribution < 1.29 is 4.74 Å². The number of para-hydroxylation sites is 1. The van der Waals surface area contributed by atoms with Gasteiger partial charge in [0.15, 0.2) is 0 Å². The minimum absolute atomic E-state index is 0.493. The molecule has 1 unspecified atom stereocenters. The molecular weight excluding hydrogens is 186 g/mol. The van der Waals surface area contributed by atoms with Gasteiger partial charge in [-0.15, -0.1) is 0 Å². The Bertz CT molecular complexity index is 320. The second-order valence-electron chi connectivity index (χ2n) is 4.15. The van der Waals surface area contributed by atoms with E-state index < -0.39 is 0 Å². The van der Waals surface area contributed by atoms with Crippen molar-refractivity contribution in [3.63, 3.8) is 0 Å². The van der Waals surface area contributed by atoms with Crippen LogP contribution in [0.15, 0.2) is 24.3 Å². The summed E-state index contributed by atoms with van der Waals surface area (Å²) in [7, 11) is 0. The predicted molar refractivity (Wildman–Crippen MR) is 62.1 cm³/mol. The predicted octanol–water partition coefficient (Wildman–Crippen LogP) is 2.54. The van der Waals surface area contributed by atoms with E-state index in [-0.39, 0.29) is 0 Å². The monoisotopic (exact) mass is 205 g/mol. The summed E-state index contributed by atoms with van der Waals surface area (Å²) in [5.41, 5.74) is 7.15. The maximum atomic E-state index is 5.86. The van der Waals surface area contributed by atoms with Gasteiger partial charge in [-0.05, 0) is 43.9 Å². The van der Waals surface area contributed by atoms with Gasteiger partial charge in [0, 0.05) is 5.92 Å². The molecular formula is C13H19NO. The topological polar surface area (TPSA) is 35.2 Å². The first-order valence-electron chi connectivity index (χ1n) is 5.78. The molecule has 15 heavy (non-hydrogen) atoms. The van der Waals surface area contributed by atoms with E-state index in [2.05, 4.69) is 12.1 Å².